The first-order chi connectivity index (χ1) is 31.0. The molecule has 1 amide bonds. The SMILES string of the molecule is CCCCCCCCCCCCCCCCCCCCCCC(O)C(CO)NC(=O)CCCCCCCC/C=C\C=C/CCCCCOC(=O)CCCCCCCCCCCCC. The highest BCUT2D eigenvalue weighted by molar-refractivity contribution is 5.76. The molecule has 0 fully saturated rings. The predicted octanol–water partition coefficient (Wildman–Crippen LogP) is 17.1. The Kier molecular flexibility index (Phi) is 51.6. The second kappa shape index (κ2) is 53.0. The molecule has 0 saturated heterocycles. The number of aliphatic hydroxyl groups excluding tert-OH is 2. The number of nitrogens with one attached hydrogen (secondary N) is 1. The molecule has 0 saturated carbocycles. The van der Waals surface area contributed by atoms with E-state index in [1.165, 1.54) is 193 Å². The number of hydrogen-bond donors (Lipinski definition) is 3. The van der Waals surface area contributed by atoms with E-state index in [2.05, 4.69) is 43.5 Å². The minimum atomic E-state index is -0.679. The van der Waals surface area contributed by atoms with Crippen LogP contribution in [0.1, 0.15) is 303 Å². The van der Waals surface area contributed by atoms with Crippen LogP contribution in [0.2, 0.25) is 0 Å². The fraction of sp³-hybridized carbons (Fsp3) is 0.895. The van der Waals surface area contributed by atoms with Crippen LogP contribution < -0.4 is 5.32 Å². The van der Waals surface area contributed by atoms with E-state index in [0.29, 0.717) is 25.9 Å². The third-order valence-corrected chi connectivity index (χ3v) is 13.0. The second-order valence-corrected chi connectivity index (χ2v) is 19.3. The molecule has 0 bridgehead atoms. The summed E-state index contributed by atoms with van der Waals surface area (Å²) >= 11 is 0. The number of allylic oxidation sites excluding steroid dienone is 4. The summed E-state index contributed by atoms with van der Waals surface area (Å²) in [4.78, 5) is 24.5. The number of esters is 1. The number of hydrogen-bond acceptors (Lipinski definition) is 5. The molecule has 2 unspecified atom stereocenters. The lowest BCUT2D eigenvalue weighted by molar-refractivity contribution is -0.143. The summed E-state index contributed by atoms with van der Waals surface area (Å²) in [7, 11) is 0. The van der Waals surface area contributed by atoms with Crippen molar-refractivity contribution in [2.24, 2.45) is 0 Å². The lowest BCUT2D eigenvalue weighted by Crippen LogP contribution is -2.45. The van der Waals surface area contributed by atoms with E-state index in [1.807, 2.05) is 0 Å². The maximum absolute atomic E-state index is 12.5. The van der Waals surface area contributed by atoms with Crippen molar-refractivity contribution in [2.75, 3.05) is 13.2 Å². The third-order valence-electron chi connectivity index (χ3n) is 13.0. The minimum absolute atomic E-state index is 0.0216. The Morgan fingerprint density at radius 1 is 0.444 bits per heavy atom. The van der Waals surface area contributed by atoms with Crippen LogP contribution in [0.3, 0.4) is 0 Å². The molecule has 6 nitrogen and oxygen atoms in total. The van der Waals surface area contributed by atoms with Gasteiger partial charge in [0.05, 0.1) is 25.4 Å². The van der Waals surface area contributed by atoms with Crippen molar-refractivity contribution in [2.45, 2.75) is 315 Å². The number of carbonyl (C=O) groups is 2. The molecule has 0 aliphatic carbocycles. The molecule has 0 aliphatic heterocycles. The summed E-state index contributed by atoms with van der Waals surface area (Å²) in [5, 5.41) is 23.3. The molecule has 63 heavy (non-hydrogen) atoms. The molecular formula is C57H109NO5. The summed E-state index contributed by atoms with van der Waals surface area (Å²) < 4.78 is 5.43. The minimum Gasteiger partial charge on any atom is -0.466 e. The Morgan fingerprint density at radius 2 is 0.778 bits per heavy atom. The average molecular weight is 889 g/mol. The summed E-state index contributed by atoms with van der Waals surface area (Å²) in [5.41, 5.74) is 0. The lowest BCUT2D eigenvalue weighted by Gasteiger charge is -2.22. The van der Waals surface area contributed by atoms with Gasteiger partial charge in [0.2, 0.25) is 5.91 Å². The molecule has 0 aromatic carbocycles. The highest BCUT2D eigenvalue weighted by Crippen LogP contribution is 2.17. The zero-order valence-electron chi connectivity index (χ0n) is 42.3. The van der Waals surface area contributed by atoms with E-state index in [9.17, 15) is 19.8 Å². The number of aliphatic hydroxyl groups is 2. The number of unbranched alkanes of at least 4 members (excludes halogenated alkanes) is 38. The number of ether oxygens (including phenoxy) is 1. The Hall–Kier alpha value is -1.66. The maximum atomic E-state index is 12.5. The van der Waals surface area contributed by atoms with Crippen molar-refractivity contribution < 1.29 is 24.5 Å². The van der Waals surface area contributed by atoms with Crippen LogP contribution >= 0.6 is 0 Å². The molecular weight excluding hydrogens is 779 g/mol. The smallest absolute Gasteiger partial charge is 0.305 e. The Labute approximate surface area is 392 Å². The molecule has 0 rings (SSSR count). The van der Waals surface area contributed by atoms with Crippen LogP contribution in [0.5, 0.6) is 0 Å². The molecule has 3 N–H and O–H groups in total. The predicted molar refractivity (Wildman–Crippen MR) is 273 cm³/mol. The topological polar surface area (TPSA) is 95.9 Å². The van der Waals surface area contributed by atoms with Gasteiger partial charge >= 0.3 is 5.97 Å². The quantitative estimate of drug-likeness (QED) is 0.0321. The largest absolute Gasteiger partial charge is 0.466 e. The molecule has 0 aliphatic rings. The maximum Gasteiger partial charge on any atom is 0.305 e. The first kappa shape index (κ1) is 61.3. The number of carbonyl (C=O) groups excluding carboxylic acids is 2. The van der Waals surface area contributed by atoms with E-state index in [0.717, 1.165) is 77.0 Å². The van der Waals surface area contributed by atoms with Crippen LogP contribution in [-0.4, -0.2) is 47.4 Å². The molecule has 372 valence electrons. The first-order valence-electron chi connectivity index (χ1n) is 28.1. The molecule has 0 aromatic heterocycles. The molecule has 0 heterocycles. The van der Waals surface area contributed by atoms with E-state index >= 15 is 0 Å². The Bertz CT molecular complexity index is 982. The number of rotatable bonds is 52. The average Bonchev–Trinajstić information content (AvgIpc) is 3.28. The van der Waals surface area contributed by atoms with Gasteiger partial charge in [-0.25, -0.2) is 0 Å². The van der Waals surface area contributed by atoms with Gasteiger partial charge in [-0.3, -0.25) is 9.59 Å². The molecule has 2 atom stereocenters. The van der Waals surface area contributed by atoms with Crippen LogP contribution in [0.4, 0.5) is 0 Å². The summed E-state index contributed by atoms with van der Waals surface area (Å²) in [6.45, 7) is 4.90. The Balaban J connectivity index is 3.52. The Morgan fingerprint density at radius 3 is 1.17 bits per heavy atom. The van der Waals surface area contributed by atoms with Crippen molar-refractivity contribution in [3.05, 3.63) is 24.3 Å². The van der Waals surface area contributed by atoms with Crippen LogP contribution in [0.15, 0.2) is 24.3 Å². The van der Waals surface area contributed by atoms with E-state index < -0.39 is 12.1 Å². The van der Waals surface area contributed by atoms with Gasteiger partial charge in [0, 0.05) is 12.8 Å². The van der Waals surface area contributed by atoms with Gasteiger partial charge in [-0.05, 0) is 57.8 Å². The van der Waals surface area contributed by atoms with Gasteiger partial charge in [-0.1, -0.05) is 256 Å². The van der Waals surface area contributed by atoms with E-state index in [4.69, 9.17) is 4.74 Å². The first-order valence-corrected chi connectivity index (χ1v) is 28.1. The lowest BCUT2D eigenvalue weighted by atomic mass is 10.0. The van der Waals surface area contributed by atoms with Crippen LogP contribution in [-0.2, 0) is 14.3 Å². The van der Waals surface area contributed by atoms with Gasteiger partial charge in [0.25, 0.3) is 0 Å². The van der Waals surface area contributed by atoms with Crippen molar-refractivity contribution in [1.82, 2.24) is 5.32 Å². The highest BCUT2D eigenvalue weighted by Gasteiger charge is 2.20. The fourth-order valence-corrected chi connectivity index (χ4v) is 8.69. The van der Waals surface area contributed by atoms with Gasteiger partial charge in [-0.15, -0.1) is 0 Å². The van der Waals surface area contributed by atoms with Gasteiger partial charge in [0.1, 0.15) is 0 Å². The zero-order chi connectivity index (χ0) is 45.8. The third kappa shape index (κ3) is 49.6. The summed E-state index contributed by atoms with van der Waals surface area (Å²) in [6.07, 6.45) is 63.1. The number of amides is 1. The molecule has 0 radical (unpaired) electrons. The molecule has 6 heteroatoms. The van der Waals surface area contributed by atoms with Crippen molar-refractivity contribution in [3.8, 4) is 0 Å². The van der Waals surface area contributed by atoms with E-state index in [1.54, 1.807) is 0 Å². The van der Waals surface area contributed by atoms with Crippen LogP contribution in [0.25, 0.3) is 0 Å². The van der Waals surface area contributed by atoms with E-state index in [-0.39, 0.29) is 18.5 Å². The summed E-state index contributed by atoms with van der Waals surface area (Å²) in [5.74, 6) is -0.0767. The van der Waals surface area contributed by atoms with Crippen molar-refractivity contribution in [1.29, 1.82) is 0 Å². The molecule has 0 aromatic rings. The van der Waals surface area contributed by atoms with Crippen molar-refractivity contribution >= 4 is 11.9 Å². The molecule has 0 spiro atoms. The van der Waals surface area contributed by atoms with Crippen molar-refractivity contribution in [3.63, 3.8) is 0 Å². The normalized spacial score (nSPS) is 12.8. The van der Waals surface area contributed by atoms with Gasteiger partial charge < -0.3 is 20.3 Å². The van der Waals surface area contributed by atoms with Gasteiger partial charge in [0.15, 0.2) is 0 Å². The fourth-order valence-electron chi connectivity index (χ4n) is 8.69. The highest BCUT2D eigenvalue weighted by atomic mass is 16.5. The monoisotopic (exact) mass is 888 g/mol. The second-order valence-electron chi connectivity index (χ2n) is 19.3. The van der Waals surface area contributed by atoms with Crippen LogP contribution in [0, 0.1) is 0 Å². The zero-order valence-corrected chi connectivity index (χ0v) is 42.3. The standard InChI is InChI=1S/C57H109NO5/c1-3-5-7-9-11-13-15-16-17-18-19-20-21-23-26-30-33-37-41-45-49-55(60)54(53-59)58-56(61)50-46-42-38-34-31-27-24-22-25-28-32-36-40-44-48-52-63-57(62)51-47-43-39-35-29-14-12-10-8-6-4-2/h22,25,28,32,54-55,59-60H,3-21,23-24,26-27,29-31,33-53H2,1-2H3,(H,58,61)/b25-22-,32-28-. The van der Waals surface area contributed by atoms with Gasteiger partial charge in [-0.2, -0.15) is 0 Å². The summed E-state index contributed by atoms with van der Waals surface area (Å²) in [6, 6.07) is -0.558.